The third-order valence-corrected chi connectivity index (χ3v) is 3.32. The number of rotatable bonds is 4. The standard InChI is InChI=1S/C17H18N2/c1-14-7-6-10-16(13-18)17(14)19(2)12-11-15-8-4-3-5-9-15/h3-10H,11-12H2,1-2H3. The molecule has 0 heterocycles. The Bertz CT molecular complexity index is 582. The highest BCUT2D eigenvalue weighted by Crippen LogP contribution is 2.23. The summed E-state index contributed by atoms with van der Waals surface area (Å²) < 4.78 is 0. The van der Waals surface area contributed by atoms with Gasteiger partial charge in [0, 0.05) is 13.6 Å². The van der Waals surface area contributed by atoms with Crippen molar-refractivity contribution in [1.82, 2.24) is 0 Å². The van der Waals surface area contributed by atoms with Crippen molar-refractivity contribution in [3.8, 4) is 6.07 Å². The Kier molecular flexibility index (Phi) is 4.20. The molecule has 19 heavy (non-hydrogen) atoms. The van der Waals surface area contributed by atoms with E-state index in [1.54, 1.807) is 0 Å². The van der Waals surface area contributed by atoms with Crippen LogP contribution < -0.4 is 4.90 Å². The lowest BCUT2D eigenvalue weighted by atomic mass is 10.1. The number of hydrogen-bond acceptors (Lipinski definition) is 2. The summed E-state index contributed by atoms with van der Waals surface area (Å²) in [6.45, 7) is 2.96. The van der Waals surface area contributed by atoms with Gasteiger partial charge in [-0.05, 0) is 30.5 Å². The highest BCUT2D eigenvalue weighted by Gasteiger charge is 2.09. The van der Waals surface area contributed by atoms with E-state index in [4.69, 9.17) is 0 Å². The molecule has 0 aromatic heterocycles. The van der Waals surface area contributed by atoms with Gasteiger partial charge in [-0.1, -0.05) is 42.5 Å². The molecular formula is C17H18N2. The van der Waals surface area contributed by atoms with Gasteiger partial charge in [0.2, 0.25) is 0 Å². The Morgan fingerprint density at radius 3 is 2.47 bits per heavy atom. The third-order valence-electron chi connectivity index (χ3n) is 3.32. The lowest BCUT2D eigenvalue weighted by Gasteiger charge is -2.22. The van der Waals surface area contributed by atoms with Crippen LogP contribution in [-0.4, -0.2) is 13.6 Å². The lowest BCUT2D eigenvalue weighted by Crippen LogP contribution is -2.22. The van der Waals surface area contributed by atoms with Crippen molar-refractivity contribution in [2.45, 2.75) is 13.3 Å². The van der Waals surface area contributed by atoms with Gasteiger partial charge in [-0.25, -0.2) is 0 Å². The zero-order valence-electron chi connectivity index (χ0n) is 11.4. The summed E-state index contributed by atoms with van der Waals surface area (Å²) in [7, 11) is 2.05. The van der Waals surface area contributed by atoms with Gasteiger partial charge >= 0.3 is 0 Å². The minimum absolute atomic E-state index is 0.746. The molecule has 0 unspecified atom stereocenters. The van der Waals surface area contributed by atoms with Gasteiger partial charge in [-0.2, -0.15) is 5.26 Å². The molecule has 0 amide bonds. The Morgan fingerprint density at radius 1 is 1.05 bits per heavy atom. The SMILES string of the molecule is Cc1cccc(C#N)c1N(C)CCc1ccccc1. The van der Waals surface area contributed by atoms with Crippen molar-refractivity contribution in [3.63, 3.8) is 0 Å². The van der Waals surface area contributed by atoms with Crippen molar-refractivity contribution in [3.05, 3.63) is 65.2 Å². The topological polar surface area (TPSA) is 27.0 Å². The van der Waals surface area contributed by atoms with Crippen LogP contribution in [0.5, 0.6) is 0 Å². The summed E-state index contributed by atoms with van der Waals surface area (Å²) in [6, 6.07) is 18.6. The van der Waals surface area contributed by atoms with E-state index in [1.165, 1.54) is 5.56 Å². The first kappa shape index (κ1) is 13.2. The normalized spacial score (nSPS) is 9.95. The molecule has 2 rings (SSSR count). The Hall–Kier alpha value is -2.27. The van der Waals surface area contributed by atoms with E-state index >= 15 is 0 Å². The van der Waals surface area contributed by atoms with Gasteiger partial charge in [0.1, 0.15) is 6.07 Å². The van der Waals surface area contributed by atoms with Gasteiger partial charge < -0.3 is 4.90 Å². The maximum atomic E-state index is 9.20. The molecule has 0 aliphatic carbocycles. The van der Waals surface area contributed by atoms with Crippen molar-refractivity contribution in [2.24, 2.45) is 0 Å². The molecule has 0 bridgehead atoms. The summed E-state index contributed by atoms with van der Waals surface area (Å²) in [6.07, 6.45) is 0.983. The van der Waals surface area contributed by atoms with Crippen LogP contribution >= 0.6 is 0 Å². The molecule has 96 valence electrons. The highest BCUT2D eigenvalue weighted by atomic mass is 15.1. The average molecular weight is 250 g/mol. The summed E-state index contributed by atoms with van der Waals surface area (Å²) in [5.41, 5.74) is 4.26. The Labute approximate surface area is 114 Å². The van der Waals surface area contributed by atoms with Crippen molar-refractivity contribution >= 4 is 5.69 Å². The molecule has 0 atom stereocenters. The smallest absolute Gasteiger partial charge is 0.101 e. The molecule has 0 aliphatic heterocycles. The van der Waals surface area contributed by atoms with E-state index in [0.717, 1.165) is 29.8 Å². The van der Waals surface area contributed by atoms with E-state index in [1.807, 2.05) is 25.2 Å². The van der Waals surface area contributed by atoms with Crippen LogP contribution in [0.4, 0.5) is 5.69 Å². The number of hydrogen-bond donors (Lipinski definition) is 0. The van der Waals surface area contributed by atoms with Gasteiger partial charge in [0.25, 0.3) is 0 Å². The average Bonchev–Trinajstić information content (AvgIpc) is 2.45. The molecule has 0 saturated heterocycles. The monoisotopic (exact) mass is 250 g/mol. The number of likely N-dealkylation sites (N-methyl/N-ethyl adjacent to an activating group) is 1. The van der Waals surface area contributed by atoms with Crippen LogP contribution in [0, 0.1) is 18.3 Å². The summed E-state index contributed by atoms with van der Waals surface area (Å²) in [5.74, 6) is 0. The molecule has 0 saturated carbocycles. The van der Waals surface area contributed by atoms with Crippen molar-refractivity contribution in [1.29, 1.82) is 5.26 Å². The van der Waals surface area contributed by atoms with E-state index in [2.05, 4.69) is 48.2 Å². The molecule has 2 nitrogen and oxygen atoms in total. The molecule has 0 aliphatic rings. The predicted molar refractivity (Wildman–Crippen MR) is 79.3 cm³/mol. The van der Waals surface area contributed by atoms with Crippen LogP contribution in [0.2, 0.25) is 0 Å². The molecule has 0 spiro atoms. The van der Waals surface area contributed by atoms with E-state index < -0.39 is 0 Å². The number of nitrogens with zero attached hydrogens (tertiary/aromatic N) is 2. The fourth-order valence-corrected chi connectivity index (χ4v) is 2.31. The molecule has 0 fully saturated rings. The first-order valence-electron chi connectivity index (χ1n) is 6.47. The maximum Gasteiger partial charge on any atom is 0.101 e. The summed E-state index contributed by atoms with van der Waals surface area (Å²) in [5, 5.41) is 9.20. The van der Waals surface area contributed by atoms with Crippen LogP contribution in [-0.2, 0) is 6.42 Å². The molecule has 0 N–H and O–H groups in total. The number of anilines is 1. The van der Waals surface area contributed by atoms with Crippen LogP contribution in [0.1, 0.15) is 16.7 Å². The van der Waals surface area contributed by atoms with E-state index in [9.17, 15) is 5.26 Å². The quantitative estimate of drug-likeness (QED) is 0.829. The molecular weight excluding hydrogens is 232 g/mol. The minimum Gasteiger partial charge on any atom is -0.373 e. The summed E-state index contributed by atoms with van der Waals surface area (Å²) in [4.78, 5) is 2.17. The molecule has 2 aromatic rings. The van der Waals surface area contributed by atoms with Crippen LogP contribution in [0.3, 0.4) is 0 Å². The fourth-order valence-electron chi connectivity index (χ4n) is 2.31. The molecule has 2 aromatic carbocycles. The summed E-state index contributed by atoms with van der Waals surface area (Å²) >= 11 is 0. The Balaban J connectivity index is 2.13. The van der Waals surface area contributed by atoms with E-state index in [0.29, 0.717) is 0 Å². The van der Waals surface area contributed by atoms with Gasteiger partial charge in [-0.15, -0.1) is 0 Å². The zero-order valence-corrected chi connectivity index (χ0v) is 11.4. The van der Waals surface area contributed by atoms with Crippen molar-refractivity contribution < 1.29 is 0 Å². The second kappa shape index (κ2) is 6.06. The van der Waals surface area contributed by atoms with Gasteiger partial charge in [0.15, 0.2) is 0 Å². The Morgan fingerprint density at radius 2 is 1.79 bits per heavy atom. The van der Waals surface area contributed by atoms with Crippen LogP contribution in [0.15, 0.2) is 48.5 Å². The van der Waals surface area contributed by atoms with Gasteiger partial charge in [-0.3, -0.25) is 0 Å². The molecule has 2 heteroatoms. The maximum absolute atomic E-state index is 9.20. The first-order valence-corrected chi connectivity index (χ1v) is 6.47. The number of aryl methyl sites for hydroxylation is 1. The number of para-hydroxylation sites is 1. The zero-order chi connectivity index (χ0) is 13.7. The largest absolute Gasteiger partial charge is 0.373 e. The second-order valence-corrected chi connectivity index (χ2v) is 4.74. The number of benzene rings is 2. The van der Waals surface area contributed by atoms with Crippen molar-refractivity contribution in [2.75, 3.05) is 18.5 Å². The fraction of sp³-hybridized carbons (Fsp3) is 0.235. The first-order chi connectivity index (χ1) is 9.22. The van der Waals surface area contributed by atoms with Gasteiger partial charge in [0.05, 0.1) is 11.3 Å². The number of nitriles is 1. The second-order valence-electron chi connectivity index (χ2n) is 4.74. The molecule has 0 radical (unpaired) electrons. The predicted octanol–water partition coefficient (Wildman–Crippen LogP) is 3.55. The highest BCUT2D eigenvalue weighted by molar-refractivity contribution is 5.63. The lowest BCUT2D eigenvalue weighted by molar-refractivity contribution is 0.871. The van der Waals surface area contributed by atoms with E-state index in [-0.39, 0.29) is 0 Å². The minimum atomic E-state index is 0.746. The van der Waals surface area contributed by atoms with Crippen LogP contribution in [0.25, 0.3) is 0 Å². The third kappa shape index (κ3) is 3.14.